The number of piperidine rings is 1. The highest BCUT2D eigenvalue weighted by molar-refractivity contribution is 7.22. The lowest BCUT2D eigenvalue weighted by Crippen LogP contribution is -2.42. The number of nitrogens with one attached hydrogen (secondary N) is 1. The van der Waals surface area contributed by atoms with Crippen molar-refractivity contribution in [2.24, 2.45) is 5.92 Å². The number of thiazole rings is 1. The van der Waals surface area contributed by atoms with Crippen molar-refractivity contribution in [2.45, 2.75) is 19.4 Å². The van der Waals surface area contributed by atoms with Crippen molar-refractivity contribution in [3.8, 4) is 0 Å². The van der Waals surface area contributed by atoms with Crippen LogP contribution in [0.3, 0.4) is 0 Å². The van der Waals surface area contributed by atoms with Crippen molar-refractivity contribution < 1.29 is 9.18 Å². The number of para-hydroxylation sites is 1. The van der Waals surface area contributed by atoms with E-state index in [1.807, 2.05) is 18.2 Å². The van der Waals surface area contributed by atoms with Crippen molar-refractivity contribution in [3.63, 3.8) is 0 Å². The van der Waals surface area contributed by atoms with Crippen LogP contribution in [0.25, 0.3) is 10.2 Å². The Labute approximate surface area is 154 Å². The lowest BCUT2D eigenvalue weighted by Gasteiger charge is -2.31. The predicted octanol–water partition coefficient (Wildman–Crippen LogP) is 3.36. The molecule has 1 saturated heterocycles. The van der Waals surface area contributed by atoms with E-state index in [0.29, 0.717) is 18.6 Å². The summed E-state index contributed by atoms with van der Waals surface area (Å²) in [6, 6.07) is 8.80. The number of nitrogens with zero attached hydrogens (tertiary/aromatic N) is 3. The molecule has 0 bridgehead atoms. The molecule has 1 fully saturated rings. The van der Waals surface area contributed by atoms with Crippen LogP contribution in [0.4, 0.5) is 9.52 Å². The topological polar surface area (TPSA) is 58.1 Å². The van der Waals surface area contributed by atoms with Crippen molar-refractivity contribution >= 4 is 32.6 Å². The van der Waals surface area contributed by atoms with Crippen LogP contribution < -0.4 is 10.2 Å². The minimum Gasteiger partial charge on any atom is -0.352 e. The summed E-state index contributed by atoms with van der Waals surface area (Å²) in [5.41, 5.74) is 1.39. The molecule has 134 valence electrons. The molecule has 1 aromatic carbocycles. The standard InChI is InChI=1S/C19H19FN4OS/c20-15-6-1-7-16-17(15)23-19(26-16)24-9-3-5-14(12-24)18(25)22-11-13-4-2-8-21-10-13/h1-2,4,6-8,10,14H,3,5,9,11-12H2,(H,22,25). The van der Waals surface area contributed by atoms with E-state index in [4.69, 9.17) is 0 Å². The first-order valence-corrected chi connectivity index (χ1v) is 9.49. The third kappa shape index (κ3) is 3.53. The van der Waals surface area contributed by atoms with E-state index < -0.39 is 0 Å². The third-order valence-corrected chi connectivity index (χ3v) is 5.69. The first-order chi connectivity index (χ1) is 12.7. The minimum absolute atomic E-state index is 0.0471. The monoisotopic (exact) mass is 370 g/mol. The molecule has 4 rings (SSSR count). The Kier molecular flexibility index (Phi) is 4.79. The number of carbonyl (C=O) groups is 1. The molecule has 0 radical (unpaired) electrons. The molecule has 1 unspecified atom stereocenters. The molecule has 0 aliphatic carbocycles. The van der Waals surface area contributed by atoms with Crippen molar-refractivity contribution in [2.75, 3.05) is 18.0 Å². The third-order valence-electron chi connectivity index (χ3n) is 4.61. The molecule has 1 N–H and O–H groups in total. The summed E-state index contributed by atoms with van der Waals surface area (Å²) in [7, 11) is 0. The Morgan fingerprint density at radius 2 is 2.27 bits per heavy atom. The van der Waals surface area contributed by atoms with Crippen LogP contribution in [0.5, 0.6) is 0 Å². The summed E-state index contributed by atoms with van der Waals surface area (Å²) in [5, 5.41) is 3.78. The molecule has 1 aliphatic heterocycles. The summed E-state index contributed by atoms with van der Waals surface area (Å²) in [5.74, 6) is -0.337. The highest BCUT2D eigenvalue weighted by atomic mass is 32.1. The Bertz CT molecular complexity index is 914. The number of anilines is 1. The van der Waals surface area contributed by atoms with Crippen LogP contribution in [-0.4, -0.2) is 29.0 Å². The Hall–Kier alpha value is -2.54. The van der Waals surface area contributed by atoms with E-state index in [2.05, 4.69) is 20.2 Å². The average Bonchev–Trinajstić information content (AvgIpc) is 3.13. The number of benzene rings is 1. The first kappa shape index (κ1) is 16.9. The zero-order valence-electron chi connectivity index (χ0n) is 14.2. The Balaban J connectivity index is 1.43. The van der Waals surface area contributed by atoms with Gasteiger partial charge in [0.1, 0.15) is 11.3 Å². The summed E-state index contributed by atoms with van der Waals surface area (Å²) in [6.07, 6.45) is 5.24. The van der Waals surface area contributed by atoms with Gasteiger partial charge in [-0.1, -0.05) is 23.5 Å². The second-order valence-corrected chi connectivity index (χ2v) is 7.46. The zero-order valence-corrected chi connectivity index (χ0v) is 15.0. The van der Waals surface area contributed by atoms with Crippen molar-refractivity contribution in [1.82, 2.24) is 15.3 Å². The Morgan fingerprint density at radius 1 is 1.35 bits per heavy atom. The van der Waals surface area contributed by atoms with Gasteiger partial charge in [-0.2, -0.15) is 0 Å². The highest BCUT2D eigenvalue weighted by Crippen LogP contribution is 2.32. The van der Waals surface area contributed by atoms with Crippen LogP contribution in [0.15, 0.2) is 42.7 Å². The summed E-state index contributed by atoms with van der Waals surface area (Å²) in [4.78, 5) is 23.1. The van der Waals surface area contributed by atoms with Gasteiger partial charge in [0.2, 0.25) is 5.91 Å². The smallest absolute Gasteiger partial charge is 0.225 e. The number of aromatic nitrogens is 2. The number of fused-ring (bicyclic) bond motifs is 1. The fourth-order valence-electron chi connectivity index (χ4n) is 3.24. The molecule has 0 saturated carbocycles. The van der Waals surface area contributed by atoms with Gasteiger partial charge in [0.25, 0.3) is 0 Å². The SMILES string of the molecule is O=C(NCc1cccnc1)C1CCCN(c2nc3c(F)cccc3s2)C1. The maximum atomic E-state index is 13.9. The van der Waals surface area contributed by atoms with Gasteiger partial charge < -0.3 is 10.2 Å². The second kappa shape index (κ2) is 7.37. The quantitative estimate of drug-likeness (QED) is 0.765. The molecular formula is C19H19FN4OS. The molecule has 7 heteroatoms. The van der Waals surface area contributed by atoms with Crippen LogP contribution in [0.2, 0.25) is 0 Å². The predicted molar refractivity (Wildman–Crippen MR) is 101 cm³/mol. The first-order valence-electron chi connectivity index (χ1n) is 8.67. The fourth-order valence-corrected chi connectivity index (χ4v) is 4.25. The molecular weight excluding hydrogens is 351 g/mol. The molecule has 5 nitrogen and oxygen atoms in total. The lowest BCUT2D eigenvalue weighted by atomic mass is 9.97. The van der Waals surface area contributed by atoms with Gasteiger partial charge in [0.15, 0.2) is 5.13 Å². The van der Waals surface area contributed by atoms with Crippen LogP contribution in [0.1, 0.15) is 18.4 Å². The molecule has 1 aliphatic rings. The average molecular weight is 370 g/mol. The van der Waals surface area contributed by atoms with Gasteiger partial charge in [0, 0.05) is 32.0 Å². The van der Waals surface area contributed by atoms with E-state index in [1.54, 1.807) is 18.5 Å². The molecule has 3 heterocycles. The minimum atomic E-state index is -0.298. The number of hydrogen-bond acceptors (Lipinski definition) is 5. The van der Waals surface area contributed by atoms with Crippen LogP contribution >= 0.6 is 11.3 Å². The Morgan fingerprint density at radius 3 is 3.08 bits per heavy atom. The van der Waals surface area contributed by atoms with E-state index in [9.17, 15) is 9.18 Å². The van der Waals surface area contributed by atoms with Crippen LogP contribution in [-0.2, 0) is 11.3 Å². The van der Waals surface area contributed by atoms with E-state index >= 15 is 0 Å². The van der Waals surface area contributed by atoms with Gasteiger partial charge in [0.05, 0.1) is 10.6 Å². The largest absolute Gasteiger partial charge is 0.352 e. The maximum absolute atomic E-state index is 13.9. The summed E-state index contributed by atoms with van der Waals surface area (Å²) < 4.78 is 14.7. The number of rotatable bonds is 4. The highest BCUT2D eigenvalue weighted by Gasteiger charge is 2.27. The van der Waals surface area contributed by atoms with Gasteiger partial charge in [-0.25, -0.2) is 9.37 Å². The molecule has 1 amide bonds. The summed E-state index contributed by atoms with van der Waals surface area (Å²) >= 11 is 1.48. The van der Waals surface area contributed by atoms with E-state index in [1.165, 1.54) is 17.4 Å². The zero-order chi connectivity index (χ0) is 17.9. The normalized spacial score (nSPS) is 17.4. The van der Waals surface area contributed by atoms with Gasteiger partial charge in [-0.05, 0) is 36.6 Å². The fraction of sp³-hybridized carbons (Fsp3) is 0.316. The van der Waals surface area contributed by atoms with Gasteiger partial charge in [-0.3, -0.25) is 9.78 Å². The van der Waals surface area contributed by atoms with E-state index in [0.717, 1.165) is 34.8 Å². The number of carbonyl (C=O) groups excluding carboxylic acids is 1. The maximum Gasteiger partial charge on any atom is 0.225 e. The summed E-state index contributed by atoms with van der Waals surface area (Å²) in [6.45, 7) is 1.93. The van der Waals surface area contributed by atoms with E-state index in [-0.39, 0.29) is 17.6 Å². The molecule has 26 heavy (non-hydrogen) atoms. The van der Waals surface area contributed by atoms with Crippen LogP contribution in [0, 0.1) is 11.7 Å². The lowest BCUT2D eigenvalue weighted by molar-refractivity contribution is -0.125. The van der Waals surface area contributed by atoms with Gasteiger partial charge in [-0.15, -0.1) is 0 Å². The molecule has 2 aromatic heterocycles. The number of hydrogen-bond donors (Lipinski definition) is 1. The number of halogens is 1. The molecule has 0 spiro atoms. The van der Waals surface area contributed by atoms with Gasteiger partial charge >= 0.3 is 0 Å². The van der Waals surface area contributed by atoms with Crippen molar-refractivity contribution in [3.05, 3.63) is 54.1 Å². The molecule has 3 aromatic rings. The number of pyridine rings is 1. The van der Waals surface area contributed by atoms with Crippen molar-refractivity contribution in [1.29, 1.82) is 0 Å². The molecule has 1 atom stereocenters. The second-order valence-electron chi connectivity index (χ2n) is 6.45. The number of amides is 1.